The Balaban J connectivity index is 3.48. The zero-order chi connectivity index (χ0) is 57.6. The first-order valence-electron chi connectivity index (χ1n) is 33.7. The Bertz CT molecular complexity index is 1630. The molecule has 0 aliphatic carbocycles. The van der Waals surface area contributed by atoms with Crippen LogP contribution in [0.5, 0.6) is 0 Å². The number of rotatable bonds is 61. The van der Waals surface area contributed by atoms with Crippen molar-refractivity contribution < 1.29 is 24.2 Å². The first-order valence-corrected chi connectivity index (χ1v) is 33.7. The molecule has 0 radical (unpaired) electrons. The van der Waals surface area contributed by atoms with Crippen LogP contribution in [0.3, 0.4) is 0 Å². The lowest BCUT2D eigenvalue weighted by molar-refractivity contribution is -0.161. The molecule has 0 aromatic carbocycles. The Morgan fingerprint density at radius 1 is 0.287 bits per heavy atom. The van der Waals surface area contributed by atoms with Crippen molar-refractivity contribution in [1.29, 1.82) is 0 Å². The first kappa shape index (κ1) is 76.0. The van der Waals surface area contributed by atoms with Crippen LogP contribution in [0.15, 0.2) is 134 Å². The molecule has 1 atom stereocenters. The van der Waals surface area contributed by atoms with Crippen molar-refractivity contribution in [1.82, 2.24) is 0 Å². The van der Waals surface area contributed by atoms with Crippen LogP contribution in [0.4, 0.5) is 0 Å². The van der Waals surface area contributed by atoms with E-state index in [9.17, 15) is 14.7 Å². The lowest BCUT2D eigenvalue weighted by Gasteiger charge is -2.15. The Morgan fingerprint density at radius 3 is 0.750 bits per heavy atom. The lowest BCUT2D eigenvalue weighted by Crippen LogP contribution is -2.28. The zero-order valence-electron chi connectivity index (χ0n) is 52.3. The van der Waals surface area contributed by atoms with Gasteiger partial charge in [0, 0.05) is 12.8 Å². The van der Waals surface area contributed by atoms with Gasteiger partial charge in [-0.15, -0.1) is 0 Å². The molecule has 0 fully saturated rings. The fourth-order valence-electron chi connectivity index (χ4n) is 9.47. The third-order valence-corrected chi connectivity index (χ3v) is 14.4. The third-order valence-electron chi connectivity index (χ3n) is 14.4. The molecule has 1 N–H and O–H groups in total. The molecule has 0 aromatic rings. The summed E-state index contributed by atoms with van der Waals surface area (Å²) < 4.78 is 10.8. The van der Waals surface area contributed by atoms with E-state index in [0.717, 1.165) is 109 Å². The molecule has 1 unspecified atom stereocenters. The topological polar surface area (TPSA) is 72.8 Å². The summed E-state index contributed by atoms with van der Waals surface area (Å²) in [5.41, 5.74) is 0. The minimum absolute atomic E-state index is 0.0689. The number of hydrogen-bond donors (Lipinski definition) is 1. The van der Waals surface area contributed by atoms with Crippen molar-refractivity contribution in [2.45, 2.75) is 315 Å². The van der Waals surface area contributed by atoms with Gasteiger partial charge in [-0.2, -0.15) is 0 Å². The van der Waals surface area contributed by atoms with Crippen LogP contribution in [-0.4, -0.2) is 36.4 Å². The highest BCUT2D eigenvalue weighted by atomic mass is 16.6. The molecule has 0 rings (SSSR count). The summed E-state index contributed by atoms with van der Waals surface area (Å²) in [4.78, 5) is 24.6. The second-order valence-corrected chi connectivity index (χ2v) is 22.1. The maximum atomic E-state index is 12.4. The highest BCUT2D eigenvalue weighted by molar-refractivity contribution is 5.70. The average Bonchev–Trinajstić information content (AvgIpc) is 3.46. The Morgan fingerprint density at radius 2 is 0.500 bits per heavy atom. The maximum absolute atomic E-state index is 12.4. The number of allylic oxidation sites excluding steroid dienone is 22. The standard InChI is InChI=1S/C75H126O5/c1-3-5-7-9-11-13-15-17-19-21-23-25-27-29-31-32-33-34-35-36-37-38-39-40-41-42-44-46-48-50-52-54-56-58-60-62-64-66-68-70-75(78)80-73(71-76)72-79-74(77)69-67-65-63-61-59-57-55-53-51-49-47-45-43-30-28-26-24-22-20-18-16-14-12-10-8-6-4-2/h5-8,11-14,17-20,23-26,29,31,33-34,36-37,73,76H,3-4,9-10,15-16,21-22,27-28,30,32,35,38-72H2,1-2H3/b7-5-,8-6-,13-11-,14-12-,19-17-,20-18-,25-23-,26-24-,31-29-,34-33-,37-36-. The van der Waals surface area contributed by atoms with E-state index >= 15 is 0 Å². The molecule has 0 aromatic heterocycles. The van der Waals surface area contributed by atoms with Gasteiger partial charge in [0.1, 0.15) is 6.61 Å². The van der Waals surface area contributed by atoms with Gasteiger partial charge in [-0.25, -0.2) is 0 Å². The molecule has 0 spiro atoms. The second-order valence-electron chi connectivity index (χ2n) is 22.1. The van der Waals surface area contributed by atoms with E-state index < -0.39 is 6.10 Å². The van der Waals surface area contributed by atoms with Crippen molar-refractivity contribution in [2.24, 2.45) is 0 Å². The Hall–Kier alpha value is -3.96. The third kappa shape index (κ3) is 66.6. The summed E-state index contributed by atoms with van der Waals surface area (Å²) in [5.74, 6) is -0.585. The Kier molecular flexibility index (Phi) is 65.9. The Labute approximate surface area is 496 Å². The molecule has 5 heteroatoms. The van der Waals surface area contributed by atoms with Gasteiger partial charge >= 0.3 is 11.9 Å². The van der Waals surface area contributed by atoms with Gasteiger partial charge in [0.2, 0.25) is 0 Å². The zero-order valence-corrected chi connectivity index (χ0v) is 52.3. The normalized spacial score (nSPS) is 13.1. The fourth-order valence-corrected chi connectivity index (χ4v) is 9.47. The molecule has 456 valence electrons. The van der Waals surface area contributed by atoms with Gasteiger partial charge in [0.05, 0.1) is 6.61 Å². The number of ether oxygens (including phenoxy) is 2. The SMILES string of the molecule is CC/C=C\C/C=C\C/C=C\C/C=C\C/C=C\C/C=C\C/C=C\CCCCCCCCCCCCCCCCCCCC(=O)OC(CO)COC(=O)CCCCCCCCCCCCCCCC/C=C\C/C=C\C/C=C\C/C=C\CC. The van der Waals surface area contributed by atoms with Crippen LogP contribution in [0.1, 0.15) is 309 Å². The number of esters is 2. The number of hydrogen-bond acceptors (Lipinski definition) is 5. The van der Waals surface area contributed by atoms with E-state index in [1.54, 1.807) is 0 Å². The molecule has 0 heterocycles. The van der Waals surface area contributed by atoms with Crippen LogP contribution in [-0.2, 0) is 19.1 Å². The molecule has 0 saturated carbocycles. The predicted octanol–water partition coefficient (Wildman–Crippen LogP) is 23.5. The monoisotopic (exact) mass is 1110 g/mol. The minimum Gasteiger partial charge on any atom is -0.462 e. The van der Waals surface area contributed by atoms with Gasteiger partial charge in [-0.1, -0.05) is 321 Å². The average molecular weight is 1110 g/mol. The molecule has 0 bridgehead atoms. The van der Waals surface area contributed by atoms with E-state index in [2.05, 4.69) is 148 Å². The van der Waals surface area contributed by atoms with Gasteiger partial charge in [-0.3, -0.25) is 9.59 Å². The highest BCUT2D eigenvalue weighted by Crippen LogP contribution is 2.17. The predicted molar refractivity (Wildman–Crippen MR) is 352 cm³/mol. The number of carbonyl (C=O) groups excluding carboxylic acids is 2. The molecular formula is C75H126O5. The van der Waals surface area contributed by atoms with Gasteiger partial charge < -0.3 is 14.6 Å². The van der Waals surface area contributed by atoms with Crippen LogP contribution in [0.25, 0.3) is 0 Å². The molecule has 80 heavy (non-hydrogen) atoms. The van der Waals surface area contributed by atoms with E-state index in [1.165, 1.54) is 173 Å². The van der Waals surface area contributed by atoms with Crippen molar-refractivity contribution in [2.75, 3.05) is 13.2 Å². The summed E-state index contributed by atoms with van der Waals surface area (Å²) >= 11 is 0. The van der Waals surface area contributed by atoms with Crippen LogP contribution in [0.2, 0.25) is 0 Å². The summed E-state index contributed by atoms with van der Waals surface area (Å²) in [5, 5.41) is 9.70. The van der Waals surface area contributed by atoms with E-state index in [1.807, 2.05) is 0 Å². The van der Waals surface area contributed by atoms with Gasteiger partial charge in [-0.05, 0) is 109 Å². The maximum Gasteiger partial charge on any atom is 0.306 e. The number of aliphatic hydroxyl groups excluding tert-OH is 1. The van der Waals surface area contributed by atoms with Crippen molar-refractivity contribution in [3.05, 3.63) is 134 Å². The summed E-state index contributed by atoms with van der Waals surface area (Å²) in [6, 6.07) is 0. The second kappa shape index (κ2) is 69.3. The number of aliphatic hydroxyl groups is 1. The van der Waals surface area contributed by atoms with Crippen molar-refractivity contribution in [3.8, 4) is 0 Å². The number of unbranched alkanes of at least 4 members (excludes halogenated alkanes) is 31. The van der Waals surface area contributed by atoms with E-state index in [4.69, 9.17) is 9.47 Å². The molecule has 0 aliphatic rings. The molecule has 5 nitrogen and oxygen atoms in total. The highest BCUT2D eigenvalue weighted by Gasteiger charge is 2.16. The van der Waals surface area contributed by atoms with Crippen LogP contribution >= 0.6 is 0 Å². The lowest BCUT2D eigenvalue weighted by atomic mass is 10.0. The smallest absolute Gasteiger partial charge is 0.306 e. The number of carbonyl (C=O) groups is 2. The molecule has 0 amide bonds. The van der Waals surface area contributed by atoms with Crippen LogP contribution < -0.4 is 0 Å². The summed E-state index contributed by atoms with van der Waals surface area (Å²) in [6.07, 6.45) is 103. The van der Waals surface area contributed by atoms with Gasteiger partial charge in [0.15, 0.2) is 6.10 Å². The van der Waals surface area contributed by atoms with E-state index in [0.29, 0.717) is 12.8 Å². The summed E-state index contributed by atoms with van der Waals surface area (Å²) in [6.45, 7) is 3.94. The molecule has 0 aliphatic heterocycles. The quantitative estimate of drug-likeness (QED) is 0.0373. The fraction of sp³-hybridized carbons (Fsp3) is 0.680. The largest absolute Gasteiger partial charge is 0.462 e. The van der Waals surface area contributed by atoms with Crippen LogP contribution in [0, 0.1) is 0 Å². The minimum atomic E-state index is -0.779. The molecular weight excluding hydrogens is 981 g/mol. The van der Waals surface area contributed by atoms with E-state index in [-0.39, 0.29) is 25.2 Å². The summed E-state index contributed by atoms with van der Waals surface area (Å²) in [7, 11) is 0. The van der Waals surface area contributed by atoms with Crippen molar-refractivity contribution in [3.63, 3.8) is 0 Å². The first-order chi connectivity index (χ1) is 39.6. The van der Waals surface area contributed by atoms with Crippen molar-refractivity contribution >= 4 is 11.9 Å². The van der Waals surface area contributed by atoms with Gasteiger partial charge in [0.25, 0.3) is 0 Å². The molecule has 0 saturated heterocycles.